The first-order chi connectivity index (χ1) is 13.6. The second-order valence-electron chi connectivity index (χ2n) is 10.5. The molecule has 0 spiro atoms. The number of fused-ring (bicyclic) bond motifs is 1. The largest absolute Gasteiger partial charge is 0.460 e. The molecule has 4 atom stereocenters. The first-order valence-corrected chi connectivity index (χ1v) is 11.0. The van der Waals surface area contributed by atoms with Gasteiger partial charge in [0.15, 0.2) is 5.78 Å². The molecule has 0 heterocycles. The Morgan fingerprint density at radius 3 is 2.03 bits per heavy atom. The zero-order chi connectivity index (χ0) is 21.4. The summed E-state index contributed by atoms with van der Waals surface area (Å²) >= 11 is 0. The van der Waals surface area contributed by atoms with E-state index in [0.29, 0.717) is 34.3 Å². The number of Topliss-reactive ketones (excluding diaryl/α,β-unsaturated/α-hetero) is 1. The van der Waals surface area contributed by atoms with E-state index in [0.717, 1.165) is 12.8 Å². The summed E-state index contributed by atoms with van der Waals surface area (Å²) in [5, 5.41) is 8.78. The molecular weight excluding hydrogens is 364 g/mol. The monoisotopic (exact) mass is 400 g/mol. The number of hydrogen-bond acceptors (Lipinski definition) is 4. The minimum absolute atomic E-state index is 0.0200. The van der Waals surface area contributed by atoms with Gasteiger partial charge in [-0.05, 0) is 66.4 Å². The van der Waals surface area contributed by atoms with E-state index >= 15 is 0 Å². The van der Waals surface area contributed by atoms with E-state index in [2.05, 4.69) is 34.6 Å². The topological polar surface area (TPSA) is 63.6 Å². The number of ketones is 1. The normalized spacial score (nSPS) is 30.3. The van der Waals surface area contributed by atoms with Crippen LogP contribution in [0.2, 0.25) is 0 Å². The molecule has 1 aromatic carbocycles. The van der Waals surface area contributed by atoms with Gasteiger partial charge in [0.05, 0.1) is 12.2 Å². The number of esters is 1. The molecule has 2 aliphatic carbocycles. The van der Waals surface area contributed by atoms with E-state index in [4.69, 9.17) is 9.84 Å². The van der Waals surface area contributed by atoms with Crippen molar-refractivity contribution in [1.29, 1.82) is 0 Å². The Labute approximate surface area is 175 Å². The van der Waals surface area contributed by atoms with Crippen LogP contribution in [0.1, 0.15) is 81.0 Å². The van der Waals surface area contributed by atoms with Crippen LogP contribution in [0, 0.1) is 34.5 Å². The SMILES string of the molecule is CC1CC2C(CC1C(=O)c1ccc(C(=O)OCCO)cc1)C(C)(C)CCC2(C)C. The highest BCUT2D eigenvalue weighted by atomic mass is 16.5. The molecule has 4 unspecified atom stereocenters. The number of carbonyl (C=O) groups is 2. The van der Waals surface area contributed by atoms with Crippen LogP contribution in [-0.2, 0) is 4.74 Å². The van der Waals surface area contributed by atoms with E-state index < -0.39 is 5.97 Å². The van der Waals surface area contributed by atoms with E-state index in [1.165, 1.54) is 12.8 Å². The van der Waals surface area contributed by atoms with Gasteiger partial charge in [-0.3, -0.25) is 4.79 Å². The number of hydrogen-bond donors (Lipinski definition) is 1. The van der Waals surface area contributed by atoms with E-state index in [9.17, 15) is 9.59 Å². The van der Waals surface area contributed by atoms with Crippen molar-refractivity contribution in [2.45, 2.75) is 60.3 Å². The van der Waals surface area contributed by atoms with Gasteiger partial charge in [0.25, 0.3) is 0 Å². The van der Waals surface area contributed by atoms with E-state index in [1.807, 2.05) is 0 Å². The van der Waals surface area contributed by atoms with Crippen LogP contribution in [0.4, 0.5) is 0 Å². The van der Waals surface area contributed by atoms with Crippen molar-refractivity contribution in [2.75, 3.05) is 13.2 Å². The number of benzene rings is 1. The molecule has 160 valence electrons. The highest BCUT2D eigenvalue weighted by Gasteiger charge is 2.52. The predicted octanol–water partition coefficient (Wildman–Crippen LogP) is 5.14. The summed E-state index contributed by atoms with van der Waals surface area (Å²) in [6.45, 7) is 11.6. The Morgan fingerprint density at radius 1 is 0.966 bits per heavy atom. The summed E-state index contributed by atoms with van der Waals surface area (Å²) in [6, 6.07) is 6.78. The molecule has 0 aliphatic heterocycles. The van der Waals surface area contributed by atoms with Crippen molar-refractivity contribution in [3.05, 3.63) is 35.4 Å². The molecular formula is C25H36O4. The zero-order valence-corrected chi connectivity index (χ0v) is 18.5. The van der Waals surface area contributed by atoms with Crippen molar-refractivity contribution in [2.24, 2.45) is 34.5 Å². The lowest BCUT2D eigenvalue weighted by Crippen LogP contribution is -2.50. The molecule has 2 aliphatic rings. The Hall–Kier alpha value is -1.68. The van der Waals surface area contributed by atoms with Crippen molar-refractivity contribution in [3.8, 4) is 0 Å². The second-order valence-corrected chi connectivity index (χ2v) is 10.5. The number of rotatable bonds is 5. The molecule has 0 saturated heterocycles. The van der Waals surface area contributed by atoms with Gasteiger partial charge in [0.2, 0.25) is 0 Å². The van der Waals surface area contributed by atoms with Crippen LogP contribution in [0.15, 0.2) is 24.3 Å². The summed E-state index contributed by atoms with van der Waals surface area (Å²) < 4.78 is 4.94. The maximum Gasteiger partial charge on any atom is 0.338 e. The zero-order valence-electron chi connectivity index (χ0n) is 18.5. The van der Waals surface area contributed by atoms with Gasteiger partial charge in [0.1, 0.15) is 6.61 Å². The van der Waals surface area contributed by atoms with Gasteiger partial charge in [0, 0.05) is 11.5 Å². The standard InChI is InChI=1S/C25H36O4/c1-16-14-20-21(25(4,5)11-10-24(20,2)3)15-19(16)22(27)17-6-8-18(9-7-17)23(28)29-13-12-26/h6-9,16,19-21,26H,10-15H2,1-5H3. The smallest absolute Gasteiger partial charge is 0.338 e. The molecule has 4 nitrogen and oxygen atoms in total. The quantitative estimate of drug-likeness (QED) is 0.549. The molecule has 3 rings (SSSR count). The second kappa shape index (κ2) is 8.22. The molecule has 2 fully saturated rings. The molecule has 29 heavy (non-hydrogen) atoms. The van der Waals surface area contributed by atoms with Crippen molar-refractivity contribution < 1.29 is 19.4 Å². The third-order valence-corrected chi connectivity index (χ3v) is 7.79. The fraction of sp³-hybridized carbons (Fsp3) is 0.680. The van der Waals surface area contributed by atoms with Crippen LogP contribution < -0.4 is 0 Å². The maximum absolute atomic E-state index is 13.4. The average Bonchev–Trinajstić information content (AvgIpc) is 2.69. The minimum Gasteiger partial charge on any atom is -0.460 e. The Morgan fingerprint density at radius 2 is 1.48 bits per heavy atom. The molecule has 1 N–H and O–H groups in total. The van der Waals surface area contributed by atoms with Crippen LogP contribution in [-0.4, -0.2) is 30.1 Å². The van der Waals surface area contributed by atoms with Gasteiger partial charge in [-0.1, -0.05) is 46.8 Å². The van der Waals surface area contributed by atoms with Crippen molar-refractivity contribution in [3.63, 3.8) is 0 Å². The summed E-state index contributed by atoms with van der Waals surface area (Å²) in [4.78, 5) is 25.3. The fourth-order valence-electron chi connectivity index (χ4n) is 5.71. The number of carbonyl (C=O) groups excluding carboxylic acids is 2. The summed E-state index contributed by atoms with van der Waals surface area (Å²) in [5.74, 6) is 1.38. The van der Waals surface area contributed by atoms with Gasteiger partial charge < -0.3 is 9.84 Å². The first-order valence-electron chi connectivity index (χ1n) is 11.0. The minimum atomic E-state index is -0.474. The average molecular weight is 401 g/mol. The summed E-state index contributed by atoms with van der Waals surface area (Å²) in [6.07, 6.45) is 4.56. The molecule has 0 bridgehead atoms. The lowest BCUT2D eigenvalue weighted by molar-refractivity contribution is -0.0694. The summed E-state index contributed by atoms with van der Waals surface area (Å²) in [7, 11) is 0. The maximum atomic E-state index is 13.4. The lowest BCUT2D eigenvalue weighted by atomic mass is 9.48. The van der Waals surface area contributed by atoms with Crippen LogP contribution in [0.5, 0.6) is 0 Å². The van der Waals surface area contributed by atoms with Crippen LogP contribution in [0.25, 0.3) is 0 Å². The fourth-order valence-corrected chi connectivity index (χ4v) is 5.71. The van der Waals surface area contributed by atoms with E-state index in [1.54, 1.807) is 24.3 Å². The lowest BCUT2D eigenvalue weighted by Gasteiger charge is -2.57. The third kappa shape index (κ3) is 4.42. The predicted molar refractivity (Wildman–Crippen MR) is 114 cm³/mol. The van der Waals surface area contributed by atoms with E-state index in [-0.39, 0.29) is 30.3 Å². The van der Waals surface area contributed by atoms with Crippen LogP contribution in [0.3, 0.4) is 0 Å². The van der Waals surface area contributed by atoms with Crippen molar-refractivity contribution >= 4 is 11.8 Å². The van der Waals surface area contributed by atoms with Gasteiger partial charge in [-0.15, -0.1) is 0 Å². The highest BCUT2D eigenvalue weighted by Crippen LogP contribution is 2.59. The number of ether oxygens (including phenoxy) is 1. The Balaban J connectivity index is 1.76. The molecule has 4 heteroatoms. The number of aliphatic hydroxyl groups is 1. The molecule has 1 aromatic rings. The van der Waals surface area contributed by atoms with Gasteiger partial charge >= 0.3 is 5.97 Å². The number of aliphatic hydroxyl groups excluding tert-OH is 1. The Bertz CT molecular complexity index is 747. The summed E-state index contributed by atoms with van der Waals surface area (Å²) in [5.41, 5.74) is 1.70. The highest BCUT2D eigenvalue weighted by molar-refractivity contribution is 5.99. The molecule has 0 amide bonds. The third-order valence-electron chi connectivity index (χ3n) is 7.79. The van der Waals surface area contributed by atoms with Gasteiger partial charge in [-0.2, -0.15) is 0 Å². The van der Waals surface area contributed by atoms with Gasteiger partial charge in [-0.25, -0.2) is 4.79 Å². The molecule has 0 aromatic heterocycles. The molecule has 0 radical (unpaired) electrons. The Kier molecular flexibility index (Phi) is 6.24. The van der Waals surface area contributed by atoms with Crippen molar-refractivity contribution in [1.82, 2.24) is 0 Å². The first kappa shape index (κ1) is 22.0. The molecule has 2 saturated carbocycles. The van der Waals surface area contributed by atoms with Crippen LogP contribution >= 0.6 is 0 Å².